The molecule has 0 bridgehead atoms. The van der Waals surface area contributed by atoms with E-state index in [1.165, 1.54) is 12.8 Å². The molecular weight excluding hydrogens is 198 g/mol. The first-order valence-electron chi connectivity index (χ1n) is 6.20. The lowest BCUT2D eigenvalue weighted by atomic mass is 10.2. The SMILES string of the molecule is CC(C)CNc1ccc(N2CCCC2)nc1. The number of anilines is 2. The molecule has 1 aromatic heterocycles. The van der Waals surface area contributed by atoms with Gasteiger partial charge in [-0.2, -0.15) is 0 Å². The molecule has 16 heavy (non-hydrogen) atoms. The summed E-state index contributed by atoms with van der Waals surface area (Å²) < 4.78 is 0. The van der Waals surface area contributed by atoms with Gasteiger partial charge in [0, 0.05) is 19.6 Å². The first kappa shape index (κ1) is 11.2. The normalized spacial score (nSPS) is 15.8. The highest BCUT2D eigenvalue weighted by Crippen LogP contribution is 2.19. The molecule has 2 rings (SSSR count). The largest absolute Gasteiger partial charge is 0.384 e. The van der Waals surface area contributed by atoms with Gasteiger partial charge in [-0.15, -0.1) is 0 Å². The molecule has 88 valence electrons. The number of rotatable bonds is 4. The number of nitrogens with zero attached hydrogens (tertiary/aromatic N) is 2. The summed E-state index contributed by atoms with van der Waals surface area (Å²) in [4.78, 5) is 6.86. The minimum atomic E-state index is 0.665. The Morgan fingerprint density at radius 3 is 2.62 bits per heavy atom. The van der Waals surface area contributed by atoms with Crippen molar-refractivity contribution in [2.24, 2.45) is 5.92 Å². The van der Waals surface area contributed by atoms with E-state index >= 15 is 0 Å². The van der Waals surface area contributed by atoms with Gasteiger partial charge in [0.1, 0.15) is 5.82 Å². The topological polar surface area (TPSA) is 28.2 Å². The van der Waals surface area contributed by atoms with Crippen LogP contribution in [0.4, 0.5) is 11.5 Å². The molecule has 0 aliphatic carbocycles. The fourth-order valence-electron chi connectivity index (χ4n) is 1.95. The molecule has 0 radical (unpaired) electrons. The van der Waals surface area contributed by atoms with Crippen LogP contribution in [0.25, 0.3) is 0 Å². The zero-order valence-electron chi connectivity index (χ0n) is 10.2. The van der Waals surface area contributed by atoms with E-state index < -0.39 is 0 Å². The second-order valence-corrected chi connectivity index (χ2v) is 4.87. The van der Waals surface area contributed by atoms with Crippen LogP contribution in [0.3, 0.4) is 0 Å². The van der Waals surface area contributed by atoms with E-state index in [1.807, 2.05) is 6.20 Å². The Hall–Kier alpha value is -1.25. The third-order valence-electron chi connectivity index (χ3n) is 2.89. The Balaban J connectivity index is 1.93. The molecule has 3 heteroatoms. The first-order valence-corrected chi connectivity index (χ1v) is 6.20. The molecule has 1 saturated heterocycles. The minimum absolute atomic E-state index is 0.665. The van der Waals surface area contributed by atoms with E-state index in [0.29, 0.717) is 5.92 Å². The predicted molar refractivity (Wildman–Crippen MR) is 69.0 cm³/mol. The van der Waals surface area contributed by atoms with Gasteiger partial charge in [0.15, 0.2) is 0 Å². The van der Waals surface area contributed by atoms with Gasteiger partial charge in [-0.1, -0.05) is 13.8 Å². The van der Waals surface area contributed by atoms with Crippen LogP contribution in [-0.2, 0) is 0 Å². The Morgan fingerprint density at radius 2 is 2.06 bits per heavy atom. The monoisotopic (exact) mass is 219 g/mol. The van der Waals surface area contributed by atoms with E-state index in [9.17, 15) is 0 Å². The van der Waals surface area contributed by atoms with E-state index in [2.05, 4.69) is 41.2 Å². The molecule has 0 spiro atoms. The molecule has 0 unspecified atom stereocenters. The number of aromatic nitrogens is 1. The Kier molecular flexibility index (Phi) is 3.65. The maximum absolute atomic E-state index is 4.50. The van der Waals surface area contributed by atoms with Crippen molar-refractivity contribution in [2.75, 3.05) is 29.9 Å². The van der Waals surface area contributed by atoms with Gasteiger partial charge < -0.3 is 10.2 Å². The van der Waals surface area contributed by atoms with Gasteiger partial charge in [-0.25, -0.2) is 4.98 Å². The summed E-state index contributed by atoms with van der Waals surface area (Å²) in [7, 11) is 0. The second-order valence-electron chi connectivity index (χ2n) is 4.87. The van der Waals surface area contributed by atoms with Gasteiger partial charge in [-0.3, -0.25) is 0 Å². The van der Waals surface area contributed by atoms with Crippen molar-refractivity contribution in [3.8, 4) is 0 Å². The molecule has 1 fully saturated rings. The van der Waals surface area contributed by atoms with Crippen LogP contribution in [0.5, 0.6) is 0 Å². The van der Waals surface area contributed by atoms with Crippen molar-refractivity contribution in [3.63, 3.8) is 0 Å². The maximum Gasteiger partial charge on any atom is 0.128 e. The van der Waals surface area contributed by atoms with Crippen molar-refractivity contribution in [2.45, 2.75) is 26.7 Å². The van der Waals surface area contributed by atoms with E-state index in [1.54, 1.807) is 0 Å². The van der Waals surface area contributed by atoms with Crippen LogP contribution in [-0.4, -0.2) is 24.6 Å². The van der Waals surface area contributed by atoms with Crippen molar-refractivity contribution in [3.05, 3.63) is 18.3 Å². The smallest absolute Gasteiger partial charge is 0.128 e. The van der Waals surface area contributed by atoms with Gasteiger partial charge >= 0.3 is 0 Å². The Morgan fingerprint density at radius 1 is 1.31 bits per heavy atom. The maximum atomic E-state index is 4.50. The Labute approximate surface area is 97.9 Å². The van der Waals surface area contributed by atoms with Crippen LogP contribution in [0.15, 0.2) is 18.3 Å². The quantitative estimate of drug-likeness (QED) is 0.844. The minimum Gasteiger partial charge on any atom is -0.384 e. The van der Waals surface area contributed by atoms with Crippen LogP contribution in [0, 0.1) is 5.92 Å². The first-order chi connectivity index (χ1) is 7.75. The van der Waals surface area contributed by atoms with E-state index in [4.69, 9.17) is 0 Å². The zero-order valence-corrected chi connectivity index (χ0v) is 10.2. The van der Waals surface area contributed by atoms with Gasteiger partial charge in [0.05, 0.1) is 11.9 Å². The molecule has 1 aliphatic rings. The van der Waals surface area contributed by atoms with Crippen molar-refractivity contribution in [1.82, 2.24) is 4.98 Å². The summed E-state index contributed by atoms with van der Waals surface area (Å²) in [5.74, 6) is 1.78. The molecule has 0 aromatic carbocycles. The van der Waals surface area contributed by atoms with Crippen LogP contribution in [0.2, 0.25) is 0 Å². The third kappa shape index (κ3) is 2.87. The van der Waals surface area contributed by atoms with E-state index in [-0.39, 0.29) is 0 Å². The van der Waals surface area contributed by atoms with Crippen molar-refractivity contribution >= 4 is 11.5 Å². The molecular formula is C13H21N3. The van der Waals surface area contributed by atoms with Crippen LogP contribution in [0.1, 0.15) is 26.7 Å². The van der Waals surface area contributed by atoms with Crippen molar-refractivity contribution in [1.29, 1.82) is 0 Å². The van der Waals surface area contributed by atoms with Crippen LogP contribution < -0.4 is 10.2 Å². The molecule has 1 aromatic rings. The van der Waals surface area contributed by atoms with E-state index in [0.717, 1.165) is 31.1 Å². The molecule has 1 aliphatic heterocycles. The van der Waals surface area contributed by atoms with Gasteiger partial charge in [0.25, 0.3) is 0 Å². The Bertz CT molecular complexity index is 312. The molecule has 0 atom stereocenters. The second kappa shape index (κ2) is 5.19. The summed E-state index contributed by atoms with van der Waals surface area (Å²) in [5.41, 5.74) is 1.12. The lowest BCUT2D eigenvalue weighted by molar-refractivity contribution is 0.688. The highest BCUT2D eigenvalue weighted by Gasteiger charge is 2.12. The molecule has 1 N–H and O–H groups in total. The lowest BCUT2D eigenvalue weighted by Gasteiger charge is -2.16. The predicted octanol–water partition coefficient (Wildman–Crippen LogP) is 2.75. The third-order valence-corrected chi connectivity index (χ3v) is 2.89. The fraction of sp³-hybridized carbons (Fsp3) is 0.615. The average Bonchev–Trinajstić information content (AvgIpc) is 2.80. The zero-order chi connectivity index (χ0) is 11.4. The molecule has 2 heterocycles. The molecule has 3 nitrogen and oxygen atoms in total. The summed E-state index contributed by atoms with van der Waals surface area (Å²) >= 11 is 0. The fourth-order valence-corrected chi connectivity index (χ4v) is 1.95. The summed E-state index contributed by atoms with van der Waals surface area (Å²) in [6.07, 6.45) is 4.54. The molecule has 0 saturated carbocycles. The number of nitrogens with one attached hydrogen (secondary N) is 1. The lowest BCUT2D eigenvalue weighted by Crippen LogP contribution is -2.18. The number of hydrogen-bond acceptors (Lipinski definition) is 3. The molecule has 0 amide bonds. The standard InChI is InChI=1S/C13H21N3/c1-11(2)9-14-12-5-6-13(15-10-12)16-7-3-4-8-16/h5-6,10-11,14H,3-4,7-9H2,1-2H3. The van der Waals surface area contributed by atoms with Gasteiger partial charge in [0.2, 0.25) is 0 Å². The number of pyridine rings is 1. The summed E-state index contributed by atoms with van der Waals surface area (Å²) in [5, 5.41) is 3.38. The number of hydrogen-bond donors (Lipinski definition) is 1. The highest BCUT2D eigenvalue weighted by molar-refractivity contribution is 5.48. The van der Waals surface area contributed by atoms with Crippen molar-refractivity contribution < 1.29 is 0 Å². The summed E-state index contributed by atoms with van der Waals surface area (Å²) in [6, 6.07) is 4.25. The van der Waals surface area contributed by atoms with Gasteiger partial charge in [-0.05, 0) is 30.9 Å². The summed E-state index contributed by atoms with van der Waals surface area (Å²) in [6.45, 7) is 7.74. The highest BCUT2D eigenvalue weighted by atomic mass is 15.2. The van der Waals surface area contributed by atoms with Crippen LogP contribution >= 0.6 is 0 Å². The average molecular weight is 219 g/mol.